The van der Waals surface area contributed by atoms with Gasteiger partial charge in [-0.3, -0.25) is 0 Å². The van der Waals surface area contributed by atoms with Crippen LogP contribution in [0.4, 0.5) is 11.8 Å². The van der Waals surface area contributed by atoms with Crippen molar-refractivity contribution < 1.29 is 24.1 Å². The topological polar surface area (TPSA) is 106 Å². The van der Waals surface area contributed by atoms with Crippen molar-refractivity contribution in [1.82, 2.24) is 9.97 Å². The lowest BCUT2D eigenvalue weighted by atomic mass is 10.2. The average Bonchev–Trinajstić information content (AvgIpc) is 3.25. The molecule has 3 rings (SSSR count). The van der Waals surface area contributed by atoms with E-state index in [-0.39, 0.29) is 29.9 Å². The number of carbonyl (C=O) groups excluding carboxylic acids is 1. The third kappa shape index (κ3) is 4.52. The van der Waals surface area contributed by atoms with Crippen molar-refractivity contribution in [3.8, 4) is 11.6 Å². The van der Waals surface area contributed by atoms with Gasteiger partial charge in [-0.25, -0.2) is 4.79 Å². The van der Waals surface area contributed by atoms with Gasteiger partial charge in [-0.1, -0.05) is 17.7 Å². The number of methoxy groups -OCH3 is 3. The third-order valence-corrected chi connectivity index (χ3v) is 5.26. The van der Waals surface area contributed by atoms with Gasteiger partial charge in [0.25, 0.3) is 0 Å². The number of halogens is 1. The van der Waals surface area contributed by atoms with Gasteiger partial charge in [0.1, 0.15) is 5.75 Å². The lowest BCUT2D eigenvalue weighted by molar-refractivity contribution is 0.0597. The van der Waals surface area contributed by atoms with Gasteiger partial charge in [-0.2, -0.15) is 9.97 Å². The van der Waals surface area contributed by atoms with Crippen molar-refractivity contribution in [3.63, 3.8) is 0 Å². The van der Waals surface area contributed by atoms with E-state index in [9.17, 15) is 9.90 Å². The number of ether oxygens (including phenoxy) is 3. The van der Waals surface area contributed by atoms with Crippen LogP contribution in [-0.2, 0) is 11.3 Å². The number of rotatable bonds is 8. The van der Waals surface area contributed by atoms with E-state index >= 15 is 0 Å². The molecular formula is C20H25ClN4O5. The summed E-state index contributed by atoms with van der Waals surface area (Å²) in [4.78, 5) is 23.3. The molecule has 0 unspecified atom stereocenters. The van der Waals surface area contributed by atoms with Crippen LogP contribution in [0.3, 0.4) is 0 Å². The van der Waals surface area contributed by atoms with Gasteiger partial charge in [-0.15, -0.1) is 0 Å². The van der Waals surface area contributed by atoms with E-state index < -0.39 is 5.97 Å². The Bertz CT molecular complexity index is 911. The zero-order valence-electron chi connectivity index (χ0n) is 17.1. The van der Waals surface area contributed by atoms with E-state index in [1.807, 2.05) is 11.0 Å². The second kappa shape index (κ2) is 9.82. The highest BCUT2D eigenvalue weighted by Crippen LogP contribution is 2.31. The molecule has 0 amide bonds. The summed E-state index contributed by atoms with van der Waals surface area (Å²) in [6.07, 6.45) is 1.76. The number of aliphatic hydroxyl groups excluding tert-OH is 1. The Morgan fingerprint density at radius 2 is 2.10 bits per heavy atom. The number of esters is 1. The van der Waals surface area contributed by atoms with Crippen LogP contribution < -0.4 is 19.7 Å². The molecular weight excluding hydrogens is 412 g/mol. The summed E-state index contributed by atoms with van der Waals surface area (Å²) in [6.45, 7) is 1.05. The maximum absolute atomic E-state index is 12.4. The number of anilines is 2. The molecule has 1 fully saturated rings. The Labute approximate surface area is 179 Å². The lowest BCUT2D eigenvalue weighted by Crippen LogP contribution is -2.34. The van der Waals surface area contributed by atoms with Gasteiger partial charge < -0.3 is 29.5 Å². The minimum atomic E-state index is -0.617. The Balaban J connectivity index is 1.96. The fraction of sp³-hybridized carbons (Fsp3) is 0.450. The molecule has 0 aliphatic carbocycles. The van der Waals surface area contributed by atoms with Crippen molar-refractivity contribution in [2.24, 2.45) is 0 Å². The van der Waals surface area contributed by atoms with Crippen molar-refractivity contribution in [2.75, 3.05) is 44.7 Å². The summed E-state index contributed by atoms with van der Waals surface area (Å²) in [5.41, 5.74) is 0.966. The van der Waals surface area contributed by atoms with Gasteiger partial charge in [-0.05, 0) is 30.5 Å². The second-order valence-electron chi connectivity index (χ2n) is 6.74. The second-order valence-corrected chi connectivity index (χ2v) is 7.15. The smallest absolute Gasteiger partial charge is 0.347 e. The SMILES string of the molecule is COC(=O)c1c(NCc2ccc(OC)c(Cl)c2)nc(N2CCC[C@H]2CO)nc1OC. The molecule has 0 spiro atoms. The number of aliphatic hydroxyl groups is 1. The summed E-state index contributed by atoms with van der Waals surface area (Å²) >= 11 is 6.20. The highest BCUT2D eigenvalue weighted by Gasteiger charge is 2.30. The van der Waals surface area contributed by atoms with E-state index in [1.54, 1.807) is 19.2 Å². The van der Waals surface area contributed by atoms with Gasteiger partial charge in [0.2, 0.25) is 11.8 Å². The van der Waals surface area contributed by atoms with Crippen LogP contribution in [0.1, 0.15) is 28.8 Å². The Morgan fingerprint density at radius 1 is 1.30 bits per heavy atom. The predicted octanol–water partition coefficient (Wildman–Crippen LogP) is 2.51. The monoisotopic (exact) mass is 436 g/mol. The minimum Gasteiger partial charge on any atom is -0.495 e. The molecule has 0 saturated carbocycles. The highest BCUT2D eigenvalue weighted by molar-refractivity contribution is 6.32. The fourth-order valence-corrected chi connectivity index (χ4v) is 3.69. The van der Waals surface area contributed by atoms with E-state index in [1.165, 1.54) is 14.2 Å². The van der Waals surface area contributed by atoms with Crippen LogP contribution in [0.2, 0.25) is 5.02 Å². The Hall–Kier alpha value is -2.78. The average molecular weight is 437 g/mol. The number of aromatic nitrogens is 2. The Morgan fingerprint density at radius 3 is 2.73 bits per heavy atom. The maximum atomic E-state index is 12.4. The number of benzene rings is 1. The number of hydrogen-bond donors (Lipinski definition) is 2. The lowest BCUT2D eigenvalue weighted by Gasteiger charge is -2.24. The van der Waals surface area contributed by atoms with E-state index in [2.05, 4.69) is 15.3 Å². The first-order valence-corrected chi connectivity index (χ1v) is 9.88. The summed E-state index contributed by atoms with van der Waals surface area (Å²) in [5, 5.41) is 13.3. The highest BCUT2D eigenvalue weighted by atomic mass is 35.5. The van der Waals surface area contributed by atoms with Crippen LogP contribution in [0.25, 0.3) is 0 Å². The standard InChI is InChI=1S/C20H25ClN4O5/c1-28-15-7-6-12(9-14(15)21)10-22-17-16(19(27)30-3)18(29-2)24-20(23-17)25-8-4-5-13(25)11-26/h6-7,9,13,26H,4-5,8,10-11H2,1-3H3,(H,22,23,24)/t13-/m0/s1. The molecule has 1 aliphatic rings. The largest absolute Gasteiger partial charge is 0.495 e. The van der Waals surface area contributed by atoms with Crippen LogP contribution in [0.15, 0.2) is 18.2 Å². The molecule has 2 N–H and O–H groups in total. The van der Waals surface area contributed by atoms with Crippen LogP contribution in [0.5, 0.6) is 11.6 Å². The predicted molar refractivity (Wildman–Crippen MR) is 113 cm³/mol. The molecule has 0 radical (unpaired) electrons. The molecule has 1 aromatic heterocycles. The molecule has 1 atom stereocenters. The van der Waals surface area contributed by atoms with Crippen molar-refractivity contribution in [2.45, 2.75) is 25.4 Å². The normalized spacial score (nSPS) is 15.8. The number of hydrogen-bond acceptors (Lipinski definition) is 9. The van der Waals surface area contributed by atoms with Crippen molar-refractivity contribution >= 4 is 29.3 Å². The van der Waals surface area contributed by atoms with Gasteiger partial charge >= 0.3 is 5.97 Å². The first-order chi connectivity index (χ1) is 14.5. The fourth-order valence-electron chi connectivity index (χ4n) is 3.41. The van der Waals surface area contributed by atoms with Gasteiger partial charge in [0, 0.05) is 13.1 Å². The molecule has 30 heavy (non-hydrogen) atoms. The zero-order valence-corrected chi connectivity index (χ0v) is 17.9. The molecule has 1 aliphatic heterocycles. The summed E-state index contributed by atoms with van der Waals surface area (Å²) in [5.74, 6) is 0.718. The molecule has 1 saturated heterocycles. The first kappa shape index (κ1) is 21.9. The number of carbonyl (C=O) groups is 1. The van der Waals surface area contributed by atoms with E-state index in [4.69, 9.17) is 25.8 Å². The molecule has 10 heteroatoms. The molecule has 2 aromatic rings. The summed E-state index contributed by atoms with van der Waals surface area (Å²) in [7, 11) is 4.26. The molecule has 9 nitrogen and oxygen atoms in total. The van der Waals surface area contributed by atoms with Crippen LogP contribution >= 0.6 is 11.6 Å². The molecule has 2 heterocycles. The van der Waals surface area contributed by atoms with Crippen LogP contribution in [0, 0.1) is 0 Å². The van der Waals surface area contributed by atoms with Gasteiger partial charge in [0.05, 0.1) is 39.0 Å². The van der Waals surface area contributed by atoms with Crippen LogP contribution in [-0.4, -0.2) is 61.6 Å². The quantitative estimate of drug-likeness (QED) is 0.603. The summed E-state index contributed by atoms with van der Waals surface area (Å²) in [6, 6.07) is 5.32. The minimum absolute atomic E-state index is 0.00244. The van der Waals surface area contributed by atoms with Crippen molar-refractivity contribution in [3.05, 3.63) is 34.3 Å². The molecule has 0 bridgehead atoms. The number of nitrogens with one attached hydrogen (secondary N) is 1. The summed E-state index contributed by atoms with van der Waals surface area (Å²) < 4.78 is 15.4. The Kier molecular flexibility index (Phi) is 7.17. The first-order valence-electron chi connectivity index (χ1n) is 9.50. The molecule has 1 aromatic carbocycles. The number of nitrogens with zero attached hydrogens (tertiary/aromatic N) is 3. The molecule has 162 valence electrons. The van der Waals surface area contributed by atoms with E-state index in [0.29, 0.717) is 29.8 Å². The van der Waals surface area contributed by atoms with Gasteiger partial charge in [0.15, 0.2) is 11.4 Å². The zero-order chi connectivity index (χ0) is 21.7. The maximum Gasteiger partial charge on any atom is 0.347 e. The van der Waals surface area contributed by atoms with E-state index in [0.717, 1.165) is 18.4 Å². The third-order valence-electron chi connectivity index (χ3n) is 4.97. The van der Waals surface area contributed by atoms with Crippen molar-refractivity contribution in [1.29, 1.82) is 0 Å².